The molecule has 0 fully saturated rings. The van der Waals surface area contributed by atoms with Crippen molar-refractivity contribution in [3.05, 3.63) is 39.8 Å². The molecule has 0 saturated carbocycles. The van der Waals surface area contributed by atoms with Gasteiger partial charge in [-0.2, -0.15) is 5.26 Å². The van der Waals surface area contributed by atoms with Crippen LogP contribution in [0.5, 0.6) is 0 Å². The summed E-state index contributed by atoms with van der Waals surface area (Å²) in [5, 5.41) is 9.00. The van der Waals surface area contributed by atoms with E-state index in [1.165, 1.54) is 28.0 Å². The quantitative estimate of drug-likeness (QED) is 0.827. The highest BCUT2D eigenvalue weighted by molar-refractivity contribution is 7.16. The number of nitriles is 1. The van der Waals surface area contributed by atoms with E-state index < -0.39 is 0 Å². The van der Waals surface area contributed by atoms with Gasteiger partial charge in [-0.05, 0) is 37.5 Å². The van der Waals surface area contributed by atoms with E-state index >= 15 is 0 Å². The average molecular weight is 242 g/mol. The zero-order valence-electron chi connectivity index (χ0n) is 10.2. The van der Waals surface area contributed by atoms with Gasteiger partial charge in [0.2, 0.25) is 0 Å². The molecule has 1 aromatic heterocycles. The molecule has 0 bridgehead atoms. The third-order valence-corrected chi connectivity index (χ3v) is 4.17. The first kappa shape index (κ1) is 11.7. The van der Waals surface area contributed by atoms with Gasteiger partial charge in [-0.3, -0.25) is 0 Å². The summed E-state index contributed by atoms with van der Waals surface area (Å²) in [5.41, 5.74) is 11.2. The van der Waals surface area contributed by atoms with Gasteiger partial charge in [0.15, 0.2) is 0 Å². The summed E-state index contributed by atoms with van der Waals surface area (Å²) < 4.78 is 0. The summed E-state index contributed by atoms with van der Waals surface area (Å²) in [5.74, 6) is 0. The van der Waals surface area contributed by atoms with E-state index in [-0.39, 0.29) is 0 Å². The van der Waals surface area contributed by atoms with Crippen LogP contribution in [0.2, 0.25) is 0 Å². The van der Waals surface area contributed by atoms with Crippen LogP contribution in [0.25, 0.3) is 10.4 Å². The van der Waals surface area contributed by atoms with Crippen LogP contribution in [0.3, 0.4) is 0 Å². The Morgan fingerprint density at radius 2 is 1.94 bits per heavy atom. The van der Waals surface area contributed by atoms with Crippen LogP contribution in [0, 0.1) is 32.1 Å². The van der Waals surface area contributed by atoms with E-state index in [4.69, 9.17) is 11.0 Å². The number of nitrogen functional groups attached to an aromatic ring is 1. The van der Waals surface area contributed by atoms with Crippen molar-refractivity contribution in [2.45, 2.75) is 20.8 Å². The van der Waals surface area contributed by atoms with Gasteiger partial charge in [0.05, 0.1) is 5.69 Å². The first-order valence-corrected chi connectivity index (χ1v) is 6.23. The number of thiophene rings is 1. The van der Waals surface area contributed by atoms with Crippen LogP contribution >= 0.6 is 11.3 Å². The van der Waals surface area contributed by atoms with Crippen molar-refractivity contribution in [3.63, 3.8) is 0 Å². The molecule has 1 aromatic carbocycles. The van der Waals surface area contributed by atoms with E-state index in [1.54, 1.807) is 0 Å². The lowest BCUT2D eigenvalue weighted by Gasteiger charge is -2.06. The van der Waals surface area contributed by atoms with Crippen LogP contribution in [-0.4, -0.2) is 0 Å². The van der Waals surface area contributed by atoms with Crippen molar-refractivity contribution in [1.29, 1.82) is 5.26 Å². The Kier molecular flexibility index (Phi) is 2.91. The molecule has 0 aliphatic heterocycles. The number of nitrogens with zero attached hydrogens (tertiary/aromatic N) is 1. The third kappa shape index (κ3) is 1.92. The van der Waals surface area contributed by atoms with Crippen LogP contribution < -0.4 is 5.73 Å². The Labute approximate surface area is 105 Å². The van der Waals surface area contributed by atoms with Crippen LogP contribution in [0.4, 0.5) is 5.69 Å². The lowest BCUT2D eigenvalue weighted by atomic mass is 10.0. The maximum atomic E-state index is 9.00. The van der Waals surface area contributed by atoms with Gasteiger partial charge in [-0.1, -0.05) is 23.8 Å². The van der Waals surface area contributed by atoms with Crippen LogP contribution in [-0.2, 0) is 0 Å². The molecule has 0 unspecified atom stereocenters. The molecule has 0 aliphatic carbocycles. The molecule has 1 heterocycles. The van der Waals surface area contributed by atoms with Crippen molar-refractivity contribution in [2.24, 2.45) is 0 Å². The van der Waals surface area contributed by atoms with Crippen LogP contribution in [0.15, 0.2) is 18.2 Å². The smallest absolute Gasteiger partial charge is 0.128 e. The maximum Gasteiger partial charge on any atom is 0.128 e. The van der Waals surface area contributed by atoms with Gasteiger partial charge in [0.25, 0.3) is 0 Å². The standard InChI is InChI=1S/C14H14N2S/c1-8-4-5-11(9(2)6-8)14-10(3)13(16)12(7-15)17-14/h4-6H,16H2,1-3H3. The minimum Gasteiger partial charge on any atom is -0.397 e. The van der Waals surface area contributed by atoms with E-state index in [0.717, 1.165) is 10.4 Å². The topological polar surface area (TPSA) is 49.8 Å². The molecular formula is C14H14N2S. The minimum atomic E-state index is 0.609. The molecule has 2 N–H and O–H groups in total. The van der Waals surface area contributed by atoms with Crippen LogP contribution in [0.1, 0.15) is 21.6 Å². The number of hydrogen-bond acceptors (Lipinski definition) is 3. The summed E-state index contributed by atoms with van der Waals surface area (Å²) in [6.45, 7) is 6.14. The molecule has 2 aromatic rings. The summed E-state index contributed by atoms with van der Waals surface area (Å²) in [6.07, 6.45) is 0. The molecular weight excluding hydrogens is 228 g/mol. The summed E-state index contributed by atoms with van der Waals surface area (Å²) in [4.78, 5) is 1.72. The molecule has 2 rings (SSSR count). The highest BCUT2D eigenvalue weighted by atomic mass is 32.1. The number of anilines is 1. The monoisotopic (exact) mass is 242 g/mol. The largest absolute Gasteiger partial charge is 0.397 e. The molecule has 0 spiro atoms. The Hall–Kier alpha value is -1.79. The van der Waals surface area contributed by atoms with Gasteiger partial charge < -0.3 is 5.73 Å². The molecule has 0 atom stereocenters. The SMILES string of the molecule is Cc1ccc(-c2sc(C#N)c(N)c2C)c(C)c1. The predicted octanol–water partition coefficient (Wildman–Crippen LogP) is 3.79. The lowest BCUT2D eigenvalue weighted by Crippen LogP contribution is -1.88. The molecule has 86 valence electrons. The number of nitrogens with two attached hydrogens (primary N) is 1. The summed E-state index contributed by atoms with van der Waals surface area (Å²) in [7, 11) is 0. The lowest BCUT2D eigenvalue weighted by molar-refractivity contribution is 1.38. The molecule has 0 aliphatic rings. The third-order valence-electron chi connectivity index (χ3n) is 2.92. The van der Waals surface area contributed by atoms with Gasteiger partial charge in [0, 0.05) is 4.88 Å². The first-order valence-electron chi connectivity index (χ1n) is 5.41. The molecule has 17 heavy (non-hydrogen) atoms. The second-order valence-electron chi connectivity index (χ2n) is 4.23. The fourth-order valence-electron chi connectivity index (χ4n) is 1.93. The summed E-state index contributed by atoms with van der Waals surface area (Å²) >= 11 is 1.47. The fourth-order valence-corrected chi connectivity index (χ4v) is 3.05. The van der Waals surface area contributed by atoms with Crippen molar-refractivity contribution < 1.29 is 0 Å². The second-order valence-corrected chi connectivity index (χ2v) is 5.25. The van der Waals surface area contributed by atoms with Gasteiger partial charge in [-0.15, -0.1) is 11.3 Å². The van der Waals surface area contributed by atoms with E-state index in [9.17, 15) is 0 Å². The number of benzene rings is 1. The van der Waals surface area contributed by atoms with Gasteiger partial charge >= 0.3 is 0 Å². The molecule has 0 radical (unpaired) electrons. The average Bonchev–Trinajstić information content (AvgIpc) is 2.57. The normalized spacial score (nSPS) is 10.2. The zero-order valence-corrected chi connectivity index (χ0v) is 11.0. The molecule has 0 amide bonds. The maximum absolute atomic E-state index is 9.00. The van der Waals surface area contributed by atoms with E-state index in [2.05, 4.69) is 38.1 Å². The predicted molar refractivity (Wildman–Crippen MR) is 73.1 cm³/mol. The van der Waals surface area contributed by atoms with Crippen molar-refractivity contribution in [2.75, 3.05) is 5.73 Å². The molecule has 3 heteroatoms. The van der Waals surface area contributed by atoms with E-state index in [1.807, 2.05) is 6.92 Å². The Balaban J connectivity index is 2.65. The highest BCUT2D eigenvalue weighted by Gasteiger charge is 2.14. The van der Waals surface area contributed by atoms with Gasteiger partial charge in [0.1, 0.15) is 10.9 Å². The Morgan fingerprint density at radius 1 is 1.24 bits per heavy atom. The zero-order chi connectivity index (χ0) is 12.6. The summed E-state index contributed by atoms with van der Waals surface area (Å²) in [6, 6.07) is 8.49. The fraction of sp³-hybridized carbons (Fsp3) is 0.214. The first-order chi connectivity index (χ1) is 8.04. The minimum absolute atomic E-state index is 0.609. The Morgan fingerprint density at radius 3 is 2.47 bits per heavy atom. The number of hydrogen-bond donors (Lipinski definition) is 1. The molecule has 2 nitrogen and oxygen atoms in total. The number of rotatable bonds is 1. The second kappa shape index (κ2) is 4.23. The highest BCUT2D eigenvalue weighted by Crippen LogP contribution is 2.39. The Bertz CT molecular complexity index is 618. The van der Waals surface area contributed by atoms with Gasteiger partial charge in [-0.25, -0.2) is 0 Å². The van der Waals surface area contributed by atoms with Crippen molar-refractivity contribution >= 4 is 17.0 Å². The van der Waals surface area contributed by atoms with Crippen molar-refractivity contribution in [1.82, 2.24) is 0 Å². The number of aryl methyl sites for hydroxylation is 2. The van der Waals surface area contributed by atoms with E-state index in [0.29, 0.717) is 10.6 Å². The van der Waals surface area contributed by atoms with Crippen molar-refractivity contribution in [3.8, 4) is 16.5 Å². The molecule has 0 saturated heterocycles.